The van der Waals surface area contributed by atoms with Gasteiger partial charge in [0.1, 0.15) is 5.15 Å². The number of piperazine rings is 1. The summed E-state index contributed by atoms with van der Waals surface area (Å²) in [6.45, 7) is 4.08. The van der Waals surface area contributed by atoms with E-state index in [2.05, 4.69) is 35.5 Å². The fourth-order valence-electron chi connectivity index (χ4n) is 3.16. The minimum Gasteiger partial charge on any atom is -0.356 e. The molecule has 11 heteroatoms. The number of halogens is 2. The maximum absolute atomic E-state index is 12.5. The summed E-state index contributed by atoms with van der Waals surface area (Å²) in [5, 5.41) is 6.93. The van der Waals surface area contributed by atoms with Gasteiger partial charge in [0, 0.05) is 71.3 Å². The summed E-state index contributed by atoms with van der Waals surface area (Å²) in [7, 11) is 1.71. The van der Waals surface area contributed by atoms with Crippen molar-refractivity contribution in [3.05, 3.63) is 47.5 Å². The Morgan fingerprint density at radius 3 is 2.45 bits per heavy atom. The van der Waals surface area contributed by atoms with E-state index in [0.29, 0.717) is 43.7 Å². The molecular weight excluding hydrogens is 531 g/mol. The monoisotopic (exact) mass is 558 g/mol. The summed E-state index contributed by atoms with van der Waals surface area (Å²) in [4.78, 5) is 33.3. The number of pyridine rings is 1. The van der Waals surface area contributed by atoms with Crippen molar-refractivity contribution in [2.45, 2.75) is 12.8 Å². The van der Waals surface area contributed by atoms with Gasteiger partial charge >= 0.3 is 0 Å². The third-order valence-electron chi connectivity index (χ3n) is 4.82. The van der Waals surface area contributed by atoms with E-state index in [0.717, 1.165) is 31.0 Å². The lowest BCUT2D eigenvalue weighted by molar-refractivity contribution is -0.131. The summed E-state index contributed by atoms with van der Waals surface area (Å²) >= 11 is 5.80. The molecule has 0 atom stereocenters. The van der Waals surface area contributed by atoms with Gasteiger partial charge in [-0.25, -0.2) is 15.0 Å². The SMILES string of the molecule is CN=C(NCCC(=O)N1CCN(c2ncccn2)CC1)NCCc1ccc(Cl)nc1.I. The van der Waals surface area contributed by atoms with Crippen LogP contribution in [0.5, 0.6) is 0 Å². The molecule has 1 aliphatic rings. The zero-order valence-electron chi connectivity index (χ0n) is 17.5. The second kappa shape index (κ2) is 13.3. The number of hydrogen-bond donors (Lipinski definition) is 2. The zero-order chi connectivity index (χ0) is 21.2. The molecule has 2 aromatic rings. The number of rotatable bonds is 7. The van der Waals surface area contributed by atoms with Crippen LogP contribution in [0.2, 0.25) is 5.15 Å². The number of anilines is 1. The predicted octanol–water partition coefficient (Wildman–Crippen LogP) is 1.59. The van der Waals surface area contributed by atoms with E-state index >= 15 is 0 Å². The molecule has 0 aliphatic carbocycles. The van der Waals surface area contributed by atoms with Gasteiger partial charge in [-0.3, -0.25) is 9.79 Å². The first-order valence-corrected chi connectivity index (χ1v) is 10.4. The van der Waals surface area contributed by atoms with E-state index in [1.54, 1.807) is 37.8 Å². The molecule has 2 N–H and O–H groups in total. The number of carbonyl (C=O) groups is 1. The molecule has 1 saturated heterocycles. The Labute approximate surface area is 204 Å². The number of nitrogens with zero attached hydrogens (tertiary/aromatic N) is 6. The molecule has 0 radical (unpaired) electrons. The molecular formula is C20H28ClIN8O. The standard InChI is InChI=1S/C20H27ClN8O.HI/c1-22-19(23-9-5-16-3-4-17(21)27-15-16)24-10-6-18(30)28-11-13-29(14-12-28)20-25-7-2-8-26-20;/h2-4,7-8,15H,5-6,9-14H2,1H3,(H2,22,23,24);1H. The number of guanidine groups is 1. The van der Waals surface area contributed by atoms with Crippen LogP contribution >= 0.6 is 35.6 Å². The third kappa shape index (κ3) is 8.09. The third-order valence-corrected chi connectivity index (χ3v) is 5.04. The Morgan fingerprint density at radius 2 is 1.81 bits per heavy atom. The Kier molecular flexibility index (Phi) is 10.7. The minimum absolute atomic E-state index is 0. The molecule has 0 spiro atoms. The van der Waals surface area contributed by atoms with Crippen LogP contribution in [0.1, 0.15) is 12.0 Å². The summed E-state index contributed by atoms with van der Waals surface area (Å²) in [6.07, 6.45) is 6.46. The first kappa shape index (κ1) is 25.1. The quantitative estimate of drug-likeness (QED) is 0.231. The molecule has 3 heterocycles. The molecule has 0 bridgehead atoms. The van der Waals surface area contributed by atoms with Gasteiger partial charge in [0.2, 0.25) is 11.9 Å². The summed E-state index contributed by atoms with van der Waals surface area (Å²) < 4.78 is 0. The highest BCUT2D eigenvalue weighted by Crippen LogP contribution is 2.10. The lowest BCUT2D eigenvalue weighted by atomic mass is 10.2. The normalized spacial score (nSPS) is 14.1. The van der Waals surface area contributed by atoms with Crippen LogP contribution in [0.15, 0.2) is 41.8 Å². The Morgan fingerprint density at radius 1 is 1.10 bits per heavy atom. The Bertz CT molecular complexity index is 829. The largest absolute Gasteiger partial charge is 0.356 e. The Balaban J connectivity index is 0.00000341. The van der Waals surface area contributed by atoms with Crippen molar-refractivity contribution in [1.82, 2.24) is 30.5 Å². The number of aliphatic imine (C=N–C) groups is 1. The van der Waals surface area contributed by atoms with Crippen molar-refractivity contribution in [3.8, 4) is 0 Å². The molecule has 0 aromatic carbocycles. The number of amides is 1. The average Bonchev–Trinajstić information content (AvgIpc) is 2.80. The first-order valence-electron chi connectivity index (χ1n) is 10.0. The maximum atomic E-state index is 12.5. The van der Waals surface area contributed by atoms with Crippen molar-refractivity contribution in [2.75, 3.05) is 51.2 Å². The Hall–Kier alpha value is -2.21. The highest BCUT2D eigenvalue weighted by atomic mass is 127. The van der Waals surface area contributed by atoms with Crippen LogP contribution in [0, 0.1) is 0 Å². The minimum atomic E-state index is 0. The van der Waals surface area contributed by atoms with E-state index in [1.807, 2.05) is 11.0 Å². The topological polar surface area (TPSA) is 98.6 Å². The van der Waals surface area contributed by atoms with Gasteiger partial charge in [0.05, 0.1) is 0 Å². The fraction of sp³-hybridized carbons (Fsp3) is 0.450. The highest BCUT2D eigenvalue weighted by molar-refractivity contribution is 14.0. The number of hydrogen-bond acceptors (Lipinski definition) is 6. The molecule has 1 aliphatic heterocycles. The van der Waals surface area contributed by atoms with E-state index in [-0.39, 0.29) is 29.9 Å². The number of aromatic nitrogens is 3. The molecule has 31 heavy (non-hydrogen) atoms. The summed E-state index contributed by atoms with van der Waals surface area (Å²) in [5.74, 6) is 1.53. The molecule has 0 saturated carbocycles. The second-order valence-electron chi connectivity index (χ2n) is 6.83. The summed E-state index contributed by atoms with van der Waals surface area (Å²) in [5.41, 5.74) is 1.09. The number of carbonyl (C=O) groups excluding carboxylic acids is 1. The van der Waals surface area contributed by atoms with Gasteiger partial charge in [-0.15, -0.1) is 24.0 Å². The van der Waals surface area contributed by atoms with E-state index in [1.165, 1.54) is 0 Å². The predicted molar refractivity (Wildman–Crippen MR) is 133 cm³/mol. The van der Waals surface area contributed by atoms with Crippen LogP contribution in [0.25, 0.3) is 0 Å². The highest BCUT2D eigenvalue weighted by Gasteiger charge is 2.22. The first-order chi connectivity index (χ1) is 14.7. The fourth-order valence-corrected chi connectivity index (χ4v) is 3.27. The average molecular weight is 559 g/mol. The van der Waals surface area contributed by atoms with Gasteiger partial charge < -0.3 is 20.4 Å². The smallest absolute Gasteiger partial charge is 0.225 e. The van der Waals surface area contributed by atoms with E-state index in [9.17, 15) is 4.79 Å². The molecule has 1 amide bonds. The van der Waals surface area contributed by atoms with E-state index < -0.39 is 0 Å². The van der Waals surface area contributed by atoms with Gasteiger partial charge in [-0.1, -0.05) is 17.7 Å². The van der Waals surface area contributed by atoms with Crippen molar-refractivity contribution in [2.24, 2.45) is 4.99 Å². The van der Waals surface area contributed by atoms with Gasteiger partial charge in [-0.2, -0.15) is 0 Å². The van der Waals surface area contributed by atoms with Crippen molar-refractivity contribution < 1.29 is 4.79 Å². The maximum Gasteiger partial charge on any atom is 0.225 e. The van der Waals surface area contributed by atoms with Crippen LogP contribution in [-0.2, 0) is 11.2 Å². The van der Waals surface area contributed by atoms with Gasteiger partial charge in [-0.05, 0) is 24.1 Å². The zero-order valence-corrected chi connectivity index (χ0v) is 20.6. The molecule has 2 aromatic heterocycles. The molecule has 1 fully saturated rings. The van der Waals surface area contributed by atoms with E-state index in [4.69, 9.17) is 11.6 Å². The lowest BCUT2D eigenvalue weighted by Gasteiger charge is -2.34. The van der Waals surface area contributed by atoms with Crippen LogP contribution in [0.4, 0.5) is 5.95 Å². The molecule has 0 unspecified atom stereocenters. The van der Waals surface area contributed by atoms with Gasteiger partial charge in [0.15, 0.2) is 5.96 Å². The number of nitrogens with one attached hydrogen (secondary N) is 2. The molecule has 168 valence electrons. The van der Waals surface area contributed by atoms with Crippen LogP contribution < -0.4 is 15.5 Å². The van der Waals surface area contributed by atoms with Gasteiger partial charge in [0.25, 0.3) is 0 Å². The van der Waals surface area contributed by atoms with Crippen LogP contribution in [0.3, 0.4) is 0 Å². The van der Waals surface area contributed by atoms with Crippen molar-refractivity contribution in [3.63, 3.8) is 0 Å². The van der Waals surface area contributed by atoms with Crippen LogP contribution in [-0.4, -0.2) is 78.0 Å². The van der Waals surface area contributed by atoms with Crippen molar-refractivity contribution in [1.29, 1.82) is 0 Å². The second-order valence-corrected chi connectivity index (χ2v) is 7.22. The molecule has 9 nitrogen and oxygen atoms in total. The molecule has 3 rings (SSSR count). The summed E-state index contributed by atoms with van der Waals surface area (Å²) in [6, 6.07) is 5.53. The van der Waals surface area contributed by atoms with Crippen molar-refractivity contribution >= 4 is 53.4 Å². The lowest BCUT2D eigenvalue weighted by Crippen LogP contribution is -2.50.